The molecule has 218 valence electrons. The zero-order valence-electron chi connectivity index (χ0n) is 24.4. The molecule has 0 aromatic rings. The molecule has 2 N–H and O–H groups in total. The van der Waals surface area contributed by atoms with Crippen molar-refractivity contribution in [2.75, 3.05) is 7.11 Å². The second-order valence-corrected chi connectivity index (χ2v) is 9.33. The smallest absolute Gasteiger partial charge is 0.333 e. The summed E-state index contributed by atoms with van der Waals surface area (Å²) in [6.45, 7) is 22.6. The second kappa shape index (κ2) is 24.2. The van der Waals surface area contributed by atoms with E-state index in [1.54, 1.807) is 13.8 Å². The molecule has 1 aliphatic rings. The van der Waals surface area contributed by atoms with Crippen molar-refractivity contribution in [2.45, 2.75) is 105 Å². The van der Waals surface area contributed by atoms with Crippen LogP contribution in [0.5, 0.6) is 0 Å². The fourth-order valence-electron chi connectivity index (χ4n) is 2.99. The Bertz CT molecular complexity index is 776. The van der Waals surface area contributed by atoms with Crippen molar-refractivity contribution >= 4 is 23.9 Å². The van der Waals surface area contributed by atoms with Gasteiger partial charge in [-0.3, -0.25) is 0 Å². The SMILES string of the molecule is C=C(C)C(=O)O.C=C(C)C(=O)OC.C=C(C)C(=O)OC1CCCCC1.C=C(CC(CC)CCCC)C(=O)O. The summed E-state index contributed by atoms with van der Waals surface area (Å²) < 4.78 is 9.49. The zero-order valence-corrected chi connectivity index (χ0v) is 24.4. The number of methoxy groups -OCH3 is 1. The molecule has 1 unspecified atom stereocenters. The van der Waals surface area contributed by atoms with Gasteiger partial charge in [0.1, 0.15) is 6.10 Å². The lowest BCUT2D eigenvalue weighted by Crippen LogP contribution is -2.20. The zero-order chi connectivity index (χ0) is 30.3. The van der Waals surface area contributed by atoms with Crippen LogP contribution in [0.15, 0.2) is 48.6 Å². The molecule has 1 saturated carbocycles. The van der Waals surface area contributed by atoms with E-state index < -0.39 is 11.9 Å². The molecule has 0 bridgehead atoms. The van der Waals surface area contributed by atoms with Crippen LogP contribution >= 0.6 is 0 Å². The third-order valence-electron chi connectivity index (χ3n) is 5.45. The molecular weight excluding hydrogens is 488 g/mol. The number of hydrogen-bond acceptors (Lipinski definition) is 6. The third-order valence-corrected chi connectivity index (χ3v) is 5.45. The Morgan fingerprint density at radius 2 is 1.29 bits per heavy atom. The Hall–Kier alpha value is -3.16. The summed E-state index contributed by atoms with van der Waals surface area (Å²) in [6, 6.07) is 0. The molecule has 0 radical (unpaired) electrons. The molecular formula is C30H50O8. The van der Waals surface area contributed by atoms with Gasteiger partial charge in [0.2, 0.25) is 0 Å². The van der Waals surface area contributed by atoms with Gasteiger partial charge in [-0.25, -0.2) is 19.2 Å². The average Bonchev–Trinajstić information content (AvgIpc) is 2.87. The summed E-state index contributed by atoms with van der Waals surface area (Å²) in [6.07, 6.45) is 11.0. The molecule has 0 aromatic carbocycles. The first-order chi connectivity index (χ1) is 17.6. The molecule has 0 amide bonds. The number of esters is 2. The van der Waals surface area contributed by atoms with Crippen LogP contribution in [0, 0.1) is 5.92 Å². The summed E-state index contributed by atoms with van der Waals surface area (Å²) in [5.41, 5.74) is 1.46. The van der Waals surface area contributed by atoms with E-state index >= 15 is 0 Å². The first-order valence-corrected chi connectivity index (χ1v) is 13.0. The minimum atomic E-state index is -0.935. The summed E-state index contributed by atoms with van der Waals surface area (Å²) in [7, 11) is 1.33. The molecule has 1 aliphatic carbocycles. The lowest BCUT2D eigenvalue weighted by atomic mass is 9.92. The number of carboxylic acids is 2. The van der Waals surface area contributed by atoms with Crippen LogP contribution in [0.4, 0.5) is 0 Å². The average molecular weight is 539 g/mol. The number of carbonyl (C=O) groups is 4. The summed E-state index contributed by atoms with van der Waals surface area (Å²) in [4.78, 5) is 41.4. The van der Waals surface area contributed by atoms with E-state index in [9.17, 15) is 19.2 Å². The number of carboxylic acid groups (broad SMARTS) is 2. The van der Waals surface area contributed by atoms with Crippen LogP contribution in [0.25, 0.3) is 0 Å². The Labute approximate surface area is 229 Å². The van der Waals surface area contributed by atoms with Gasteiger partial charge in [-0.2, -0.15) is 0 Å². The maximum Gasteiger partial charge on any atom is 0.333 e. The lowest BCUT2D eigenvalue weighted by molar-refractivity contribution is -0.145. The first-order valence-electron chi connectivity index (χ1n) is 13.0. The number of carbonyl (C=O) groups excluding carboxylic acids is 2. The molecule has 0 saturated heterocycles. The van der Waals surface area contributed by atoms with Crippen LogP contribution < -0.4 is 0 Å². The van der Waals surface area contributed by atoms with Crippen molar-refractivity contribution in [3.8, 4) is 0 Å². The minimum absolute atomic E-state index is 0.156. The largest absolute Gasteiger partial charge is 0.478 e. The Morgan fingerprint density at radius 1 is 0.816 bits per heavy atom. The van der Waals surface area contributed by atoms with Gasteiger partial charge in [-0.15, -0.1) is 0 Å². The maximum absolute atomic E-state index is 11.1. The summed E-state index contributed by atoms with van der Waals surface area (Å²) in [5, 5.41) is 16.5. The van der Waals surface area contributed by atoms with Gasteiger partial charge >= 0.3 is 23.9 Å². The summed E-state index contributed by atoms with van der Waals surface area (Å²) in [5.74, 6) is -1.87. The Morgan fingerprint density at radius 3 is 1.58 bits per heavy atom. The fourth-order valence-corrected chi connectivity index (χ4v) is 2.99. The first kappa shape index (κ1) is 39.4. The highest BCUT2D eigenvalue weighted by Crippen LogP contribution is 2.21. The van der Waals surface area contributed by atoms with Crippen LogP contribution in [0.3, 0.4) is 0 Å². The van der Waals surface area contributed by atoms with Crippen molar-refractivity contribution in [3.05, 3.63) is 48.6 Å². The van der Waals surface area contributed by atoms with E-state index in [1.807, 2.05) is 0 Å². The van der Waals surface area contributed by atoms with E-state index in [4.69, 9.17) is 14.9 Å². The van der Waals surface area contributed by atoms with E-state index in [0.717, 1.165) is 25.7 Å². The predicted molar refractivity (Wildman–Crippen MR) is 152 cm³/mol. The number of hydrogen-bond donors (Lipinski definition) is 2. The van der Waals surface area contributed by atoms with E-state index in [1.165, 1.54) is 46.1 Å². The van der Waals surface area contributed by atoms with Crippen molar-refractivity contribution in [1.29, 1.82) is 0 Å². The van der Waals surface area contributed by atoms with E-state index in [0.29, 0.717) is 29.1 Å². The predicted octanol–water partition coefficient (Wildman–Crippen LogP) is 7.05. The highest BCUT2D eigenvalue weighted by molar-refractivity contribution is 5.87. The summed E-state index contributed by atoms with van der Waals surface area (Å²) >= 11 is 0. The fraction of sp³-hybridized carbons (Fsp3) is 0.600. The number of ether oxygens (including phenoxy) is 2. The molecule has 0 heterocycles. The Balaban J connectivity index is -0.000000452. The Kier molecular flexibility index (Phi) is 25.1. The quantitative estimate of drug-likeness (QED) is 0.211. The third kappa shape index (κ3) is 24.5. The molecule has 1 rings (SSSR count). The van der Waals surface area contributed by atoms with Crippen molar-refractivity contribution < 1.29 is 38.9 Å². The van der Waals surface area contributed by atoms with Crippen molar-refractivity contribution in [3.63, 3.8) is 0 Å². The minimum Gasteiger partial charge on any atom is -0.478 e. The van der Waals surface area contributed by atoms with Crippen molar-refractivity contribution in [2.24, 2.45) is 5.92 Å². The normalized spacial score (nSPS) is 12.8. The highest BCUT2D eigenvalue weighted by atomic mass is 16.5. The van der Waals surface area contributed by atoms with Gasteiger partial charge in [0.05, 0.1) is 7.11 Å². The van der Waals surface area contributed by atoms with E-state index in [2.05, 4.69) is 44.9 Å². The van der Waals surface area contributed by atoms with Crippen molar-refractivity contribution in [1.82, 2.24) is 0 Å². The topological polar surface area (TPSA) is 127 Å². The van der Waals surface area contributed by atoms with E-state index in [-0.39, 0.29) is 23.6 Å². The molecule has 8 heteroatoms. The molecule has 1 fully saturated rings. The molecule has 8 nitrogen and oxygen atoms in total. The van der Waals surface area contributed by atoms with Crippen LogP contribution in [-0.2, 0) is 28.7 Å². The monoisotopic (exact) mass is 538 g/mol. The maximum atomic E-state index is 11.1. The van der Waals surface area contributed by atoms with Gasteiger partial charge in [-0.1, -0.05) is 72.3 Å². The van der Waals surface area contributed by atoms with Crippen LogP contribution in [0.2, 0.25) is 0 Å². The second-order valence-electron chi connectivity index (χ2n) is 9.33. The lowest BCUT2D eigenvalue weighted by Gasteiger charge is -2.21. The number of rotatable bonds is 11. The molecule has 38 heavy (non-hydrogen) atoms. The van der Waals surface area contributed by atoms with Gasteiger partial charge < -0.3 is 19.7 Å². The van der Waals surface area contributed by atoms with Gasteiger partial charge in [0, 0.05) is 22.3 Å². The van der Waals surface area contributed by atoms with Gasteiger partial charge in [0.25, 0.3) is 0 Å². The molecule has 0 aliphatic heterocycles. The van der Waals surface area contributed by atoms with Crippen LogP contribution in [0.1, 0.15) is 98.8 Å². The molecule has 0 spiro atoms. The molecule has 1 atom stereocenters. The van der Waals surface area contributed by atoms with Crippen LogP contribution in [-0.4, -0.2) is 47.3 Å². The van der Waals surface area contributed by atoms with Gasteiger partial charge in [-0.05, 0) is 58.8 Å². The van der Waals surface area contributed by atoms with Gasteiger partial charge in [0.15, 0.2) is 0 Å². The number of unbranched alkanes of at least 4 members (excludes halogenated alkanes) is 1. The number of aliphatic carboxylic acids is 2. The molecule has 0 aromatic heterocycles. The highest BCUT2D eigenvalue weighted by Gasteiger charge is 2.17. The standard InChI is InChI=1S/C11H20O2.C10H16O2.C5H8O2.C4H6O2/c1-4-6-7-10(5-2)8-9(3)11(12)13;1-8(2)10(11)12-9-6-4-3-5-7-9;1-4(2)5(6)7-3;1-3(2)4(5)6/h10H,3-8H2,1-2H3,(H,12,13);9H,1,3-7H2,2H3;1H2,2-3H3;1H2,2H3,(H,5,6).